The molecule has 26 heavy (non-hydrogen) atoms. The van der Waals surface area contributed by atoms with Crippen LogP contribution in [0, 0.1) is 0 Å². The Bertz CT molecular complexity index is 802. The van der Waals surface area contributed by atoms with Gasteiger partial charge in [0.15, 0.2) is 11.5 Å². The number of hydrogen-bond donors (Lipinski definition) is 1. The Morgan fingerprint density at radius 1 is 1.15 bits per heavy atom. The largest absolute Gasteiger partial charge is 0.493 e. The van der Waals surface area contributed by atoms with Crippen LogP contribution in [-0.2, 0) is 13.0 Å². The quantitative estimate of drug-likeness (QED) is 0.741. The molecule has 7 nitrogen and oxygen atoms in total. The minimum absolute atomic E-state index is 0.194. The van der Waals surface area contributed by atoms with E-state index in [9.17, 15) is 9.59 Å². The molecule has 1 aromatic heterocycles. The van der Waals surface area contributed by atoms with Gasteiger partial charge in [-0.3, -0.25) is 9.59 Å². The molecule has 0 aliphatic carbocycles. The van der Waals surface area contributed by atoms with Gasteiger partial charge in [0.25, 0.3) is 11.5 Å². The summed E-state index contributed by atoms with van der Waals surface area (Å²) in [4.78, 5) is 24.0. The summed E-state index contributed by atoms with van der Waals surface area (Å²) in [5, 5.41) is 6.97. The molecule has 2 aromatic rings. The number of aryl methyl sites for hydroxylation is 1. The molecule has 0 atom stereocenters. The third-order valence-corrected chi connectivity index (χ3v) is 3.97. The summed E-state index contributed by atoms with van der Waals surface area (Å²) in [6.45, 7) is 3.00. The van der Waals surface area contributed by atoms with E-state index in [1.165, 1.54) is 16.8 Å². The number of hydrogen-bond acceptors (Lipinski definition) is 5. The monoisotopic (exact) mass is 359 g/mol. The summed E-state index contributed by atoms with van der Waals surface area (Å²) in [6.07, 6.45) is 2.44. The first-order chi connectivity index (χ1) is 12.6. The molecule has 7 heteroatoms. The number of nitrogens with zero attached hydrogens (tertiary/aromatic N) is 2. The Morgan fingerprint density at radius 2 is 1.92 bits per heavy atom. The Morgan fingerprint density at radius 3 is 2.62 bits per heavy atom. The van der Waals surface area contributed by atoms with Crippen molar-refractivity contribution in [1.29, 1.82) is 0 Å². The number of aromatic nitrogens is 2. The molecule has 0 spiro atoms. The van der Waals surface area contributed by atoms with Crippen LogP contribution in [0.2, 0.25) is 0 Å². The highest BCUT2D eigenvalue weighted by atomic mass is 16.5. The van der Waals surface area contributed by atoms with Crippen LogP contribution in [0.3, 0.4) is 0 Å². The molecule has 140 valence electrons. The Labute approximate surface area is 152 Å². The number of amides is 1. The molecule has 1 amide bonds. The summed E-state index contributed by atoms with van der Waals surface area (Å²) in [7, 11) is 3.17. The van der Waals surface area contributed by atoms with Gasteiger partial charge >= 0.3 is 0 Å². The third kappa shape index (κ3) is 5.08. The van der Waals surface area contributed by atoms with Crippen molar-refractivity contribution in [2.24, 2.45) is 0 Å². The number of benzene rings is 1. The number of rotatable bonds is 9. The molecular weight excluding hydrogens is 334 g/mol. The molecule has 1 aromatic carbocycles. The maximum absolute atomic E-state index is 12.3. The third-order valence-electron chi connectivity index (χ3n) is 3.97. The molecule has 0 aliphatic rings. The maximum Gasteiger partial charge on any atom is 0.271 e. The summed E-state index contributed by atoms with van der Waals surface area (Å²) in [5.74, 6) is 1.02. The lowest BCUT2D eigenvalue weighted by Crippen LogP contribution is -2.30. The Kier molecular flexibility index (Phi) is 7.20. The van der Waals surface area contributed by atoms with Crippen LogP contribution >= 0.6 is 0 Å². The highest BCUT2D eigenvalue weighted by Crippen LogP contribution is 2.27. The van der Waals surface area contributed by atoms with Crippen LogP contribution in [0.15, 0.2) is 35.1 Å². The van der Waals surface area contributed by atoms with E-state index < -0.39 is 0 Å². The molecule has 1 heterocycles. The van der Waals surface area contributed by atoms with E-state index >= 15 is 0 Å². The zero-order valence-electron chi connectivity index (χ0n) is 15.4. The molecule has 0 radical (unpaired) electrons. The molecule has 0 unspecified atom stereocenters. The van der Waals surface area contributed by atoms with Crippen molar-refractivity contribution in [3.8, 4) is 11.5 Å². The van der Waals surface area contributed by atoms with E-state index in [1.807, 2.05) is 25.1 Å². The van der Waals surface area contributed by atoms with Crippen molar-refractivity contribution in [3.63, 3.8) is 0 Å². The SMILES string of the molecule is CCCCn1nc(C(=O)NCCc2ccc(OC)c(OC)c2)ccc1=O. The fraction of sp³-hybridized carbons (Fsp3) is 0.421. The normalized spacial score (nSPS) is 10.4. The van der Waals surface area contributed by atoms with E-state index in [2.05, 4.69) is 10.4 Å². The first-order valence-corrected chi connectivity index (χ1v) is 8.66. The number of nitrogens with one attached hydrogen (secondary N) is 1. The van der Waals surface area contributed by atoms with E-state index in [0.29, 0.717) is 31.0 Å². The number of ether oxygens (including phenoxy) is 2. The minimum Gasteiger partial charge on any atom is -0.493 e. The van der Waals surface area contributed by atoms with E-state index in [-0.39, 0.29) is 17.2 Å². The van der Waals surface area contributed by atoms with Crippen molar-refractivity contribution < 1.29 is 14.3 Å². The number of carbonyl (C=O) groups excluding carboxylic acids is 1. The summed E-state index contributed by atoms with van der Waals surface area (Å²) >= 11 is 0. The van der Waals surface area contributed by atoms with Crippen LogP contribution < -0.4 is 20.3 Å². The van der Waals surface area contributed by atoms with Crippen molar-refractivity contribution in [2.75, 3.05) is 20.8 Å². The lowest BCUT2D eigenvalue weighted by atomic mass is 10.1. The molecule has 0 bridgehead atoms. The summed E-state index contributed by atoms with van der Waals surface area (Å²) in [6, 6.07) is 8.48. The Hall–Kier alpha value is -2.83. The standard InChI is InChI=1S/C19H25N3O4/c1-4-5-12-22-18(23)9-7-15(21-22)19(24)20-11-10-14-6-8-16(25-2)17(13-14)26-3/h6-9,13H,4-5,10-12H2,1-3H3,(H,20,24). The topological polar surface area (TPSA) is 82.5 Å². The molecular formula is C19H25N3O4. The van der Waals surface area contributed by atoms with Gasteiger partial charge in [-0.25, -0.2) is 4.68 Å². The number of carbonyl (C=O) groups is 1. The van der Waals surface area contributed by atoms with Crippen LogP contribution in [0.5, 0.6) is 11.5 Å². The highest BCUT2D eigenvalue weighted by Gasteiger charge is 2.10. The van der Waals surface area contributed by atoms with Gasteiger partial charge in [-0.1, -0.05) is 19.4 Å². The number of unbranched alkanes of at least 4 members (excludes halogenated alkanes) is 1. The second-order valence-electron chi connectivity index (χ2n) is 5.83. The summed E-state index contributed by atoms with van der Waals surface area (Å²) in [5.41, 5.74) is 1.07. The van der Waals surface area contributed by atoms with Crippen molar-refractivity contribution in [2.45, 2.75) is 32.7 Å². The average molecular weight is 359 g/mol. The van der Waals surface area contributed by atoms with Crippen molar-refractivity contribution in [1.82, 2.24) is 15.1 Å². The van der Waals surface area contributed by atoms with E-state index in [0.717, 1.165) is 18.4 Å². The van der Waals surface area contributed by atoms with Crippen molar-refractivity contribution in [3.05, 3.63) is 51.9 Å². The lowest BCUT2D eigenvalue weighted by Gasteiger charge is -2.10. The fourth-order valence-electron chi connectivity index (χ4n) is 2.49. The summed E-state index contributed by atoms with van der Waals surface area (Å²) < 4.78 is 11.8. The van der Waals surface area contributed by atoms with Crippen LogP contribution in [0.1, 0.15) is 35.8 Å². The van der Waals surface area contributed by atoms with Gasteiger partial charge in [0, 0.05) is 19.2 Å². The van der Waals surface area contributed by atoms with Crippen LogP contribution in [-0.4, -0.2) is 36.5 Å². The second kappa shape index (κ2) is 9.60. The smallest absolute Gasteiger partial charge is 0.271 e. The first kappa shape index (κ1) is 19.5. The van der Waals surface area contributed by atoms with Crippen LogP contribution in [0.25, 0.3) is 0 Å². The highest BCUT2D eigenvalue weighted by molar-refractivity contribution is 5.91. The molecule has 0 saturated carbocycles. The van der Waals surface area contributed by atoms with Crippen molar-refractivity contribution >= 4 is 5.91 Å². The van der Waals surface area contributed by atoms with Gasteiger partial charge in [0.1, 0.15) is 5.69 Å². The molecule has 0 saturated heterocycles. The predicted octanol–water partition coefficient (Wildman–Crippen LogP) is 2.03. The minimum atomic E-state index is -0.296. The lowest BCUT2D eigenvalue weighted by molar-refractivity contribution is 0.0946. The van der Waals surface area contributed by atoms with Gasteiger partial charge < -0.3 is 14.8 Å². The Balaban J connectivity index is 1.95. The molecule has 0 fully saturated rings. The zero-order chi connectivity index (χ0) is 18.9. The van der Waals surface area contributed by atoms with Gasteiger partial charge in [-0.05, 0) is 36.6 Å². The van der Waals surface area contributed by atoms with Gasteiger partial charge in [-0.2, -0.15) is 5.10 Å². The molecule has 2 rings (SSSR count). The zero-order valence-corrected chi connectivity index (χ0v) is 15.4. The first-order valence-electron chi connectivity index (χ1n) is 8.66. The van der Waals surface area contributed by atoms with E-state index in [4.69, 9.17) is 9.47 Å². The maximum atomic E-state index is 12.3. The predicted molar refractivity (Wildman–Crippen MR) is 99.0 cm³/mol. The molecule has 0 aliphatic heterocycles. The average Bonchev–Trinajstić information content (AvgIpc) is 2.67. The van der Waals surface area contributed by atoms with Gasteiger partial charge in [0.2, 0.25) is 0 Å². The number of methoxy groups -OCH3 is 2. The van der Waals surface area contributed by atoms with E-state index in [1.54, 1.807) is 14.2 Å². The molecule has 1 N–H and O–H groups in total. The van der Waals surface area contributed by atoms with Gasteiger partial charge in [0.05, 0.1) is 14.2 Å². The fourth-order valence-corrected chi connectivity index (χ4v) is 2.49. The van der Waals surface area contributed by atoms with Gasteiger partial charge in [-0.15, -0.1) is 0 Å². The van der Waals surface area contributed by atoms with Crippen LogP contribution in [0.4, 0.5) is 0 Å². The second-order valence-corrected chi connectivity index (χ2v) is 5.83.